The second-order valence-corrected chi connectivity index (χ2v) is 7.87. The van der Waals surface area contributed by atoms with Crippen molar-refractivity contribution in [1.29, 1.82) is 0 Å². The van der Waals surface area contributed by atoms with Gasteiger partial charge in [-0.25, -0.2) is 4.98 Å². The normalized spacial score (nSPS) is 11.1. The average molecular weight is 425 g/mol. The van der Waals surface area contributed by atoms with Gasteiger partial charge in [-0.15, -0.1) is 11.3 Å². The summed E-state index contributed by atoms with van der Waals surface area (Å²) >= 11 is 1.46. The monoisotopic (exact) mass is 424 g/mol. The van der Waals surface area contributed by atoms with Gasteiger partial charge in [-0.3, -0.25) is 15.5 Å². The number of hydrazone groups is 1. The SMILES string of the molecule is CCCOc1ccc(/C=N\Nc2nc(-c3c(C)cc(C)cc3C)cs2)cc1[N+](=O)[O-]. The topological polar surface area (TPSA) is 89.7 Å². The van der Waals surface area contributed by atoms with Gasteiger partial charge in [0.15, 0.2) is 5.75 Å². The average Bonchev–Trinajstić information content (AvgIpc) is 3.14. The Balaban J connectivity index is 1.74. The van der Waals surface area contributed by atoms with Crippen LogP contribution in [0, 0.1) is 30.9 Å². The van der Waals surface area contributed by atoms with Gasteiger partial charge in [0.2, 0.25) is 5.13 Å². The lowest BCUT2D eigenvalue weighted by Crippen LogP contribution is -2.00. The highest BCUT2D eigenvalue weighted by molar-refractivity contribution is 7.14. The Labute approximate surface area is 179 Å². The third-order valence-corrected chi connectivity index (χ3v) is 5.20. The Bertz CT molecular complexity index is 1070. The summed E-state index contributed by atoms with van der Waals surface area (Å²) in [5.74, 6) is 0.264. The van der Waals surface area contributed by atoms with Crippen molar-refractivity contribution >= 4 is 28.4 Å². The van der Waals surface area contributed by atoms with Crippen LogP contribution in [0.5, 0.6) is 5.75 Å². The number of nitro benzene ring substituents is 1. The first-order valence-electron chi connectivity index (χ1n) is 9.63. The highest BCUT2D eigenvalue weighted by atomic mass is 32.1. The van der Waals surface area contributed by atoms with Crippen LogP contribution in [-0.2, 0) is 0 Å². The molecule has 0 unspecified atom stereocenters. The van der Waals surface area contributed by atoms with Gasteiger partial charge in [0, 0.05) is 22.6 Å². The smallest absolute Gasteiger partial charge is 0.311 e. The first-order valence-corrected chi connectivity index (χ1v) is 10.5. The molecule has 0 aliphatic carbocycles. The Hall–Kier alpha value is -3.26. The number of aryl methyl sites for hydroxylation is 3. The summed E-state index contributed by atoms with van der Waals surface area (Å²) in [5, 5.41) is 18.1. The molecule has 0 saturated heterocycles. The summed E-state index contributed by atoms with van der Waals surface area (Å²) in [7, 11) is 0. The molecule has 156 valence electrons. The molecule has 0 bridgehead atoms. The van der Waals surface area contributed by atoms with Crippen LogP contribution in [-0.4, -0.2) is 22.7 Å². The molecule has 2 aromatic carbocycles. The molecule has 0 spiro atoms. The number of nitro groups is 1. The minimum atomic E-state index is -0.449. The summed E-state index contributed by atoms with van der Waals surface area (Å²) in [5.41, 5.74) is 9.06. The van der Waals surface area contributed by atoms with Gasteiger partial charge in [0.05, 0.1) is 23.4 Å². The lowest BCUT2D eigenvalue weighted by molar-refractivity contribution is -0.385. The number of ether oxygens (including phenoxy) is 1. The highest BCUT2D eigenvalue weighted by Gasteiger charge is 2.15. The molecule has 0 fully saturated rings. The summed E-state index contributed by atoms with van der Waals surface area (Å²) in [6.07, 6.45) is 2.31. The standard InChI is InChI=1S/C22H24N4O3S/c1-5-8-29-20-7-6-17(11-19(20)26(27)28)12-23-25-22-24-18(13-30-22)21-15(3)9-14(2)10-16(21)4/h6-7,9-13H,5,8H2,1-4H3,(H,24,25)/b23-12-. The molecule has 0 saturated carbocycles. The van der Waals surface area contributed by atoms with Crippen LogP contribution in [0.1, 0.15) is 35.6 Å². The van der Waals surface area contributed by atoms with Gasteiger partial charge in [0.1, 0.15) is 0 Å². The maximum absolute atomic E-state index is 11.3. The van der Waals surface area contributed by atoms with Crippen LogP contribution >= 0.6 is 11.3 Å². The Morgan fingerprint density at radius 1 is 1.23 bits per heavy atom. The zero-order valence-electron chi connectivity index (χ0n) is 17.4. The van der Waals surface area contributed by atoms with E-state index in [0.29, 0.717) is 17.3 Å². The van der Waals surface area contributed by atoms with Crippen molar-refractivity contribution in [1.82, 2.24) is 4.98 Å². The fourth-order valence-corrected chi connectivity index (χ4v) is 3.93. The van der Waals surface area contributed by atoms with Crippen LogP contribution in [0.4, 0.5) is 10.8 Å². The van der Waals surface area contributed by atoms with Crippen LogP contribution < -0.4 is 10.2 Å². The molecule has 7 nitrogen and oxygen atoms in total. The molecular formula is C22H24N4O3S. The molecule has 3 aromatic rings. The predicted molar refractivity (Wildman–Crippen MR) is 122 cm³/mol. The van der Waals surface area contributed by atoms with Gasteiger partial charge >= 0.3 is 5.69 Å². The van der Waals surface area contributed by atoms with Crippen molar-refractivity contribution in [2.45, 2.75) is 34.1 Å². The van der Waals surface area contributed by atoms with Crippen molar-refractivity contribution in [2.24, 2.45) is 5.10 Å². The number of anilines is 1. The van der Waals surface area contributed by atoms with E-state index in [-0.39, 0.29) is 11.4 Å². The summed E-state index contributed by atoms with van der Waals surface area (Å²) < 4.78 is 5.44. The molecule has 0 atom stereocenters. The molecule has 0 aliphatic heterocycles. The van der Waals surface area contributed by atoms with Crippen LogP contribution in [0.2, 0.25) is 0 Å². The van der Waals surface area contributed by atoms with E-state index in [1.807, 2.05) is 12.3 Å². The molecule has 1 heterocycles. The van der Waals surface area contributed by atoms with E-state index in [2.05, 4.69) is 48.4 Å². The van der Waals surface area contributed by atoms with Crippen LogP contribution in [0.25, 0.3) is 11.3 Å². The molecule has 8 heteroatoms. The maximum Gasteiger partial charge on any atom is 0.311 e. The molecule has 0 radical (unpaired) electrons. The number of nitrogens with one attached hydrogen (secondary N) is 1. The predicted octanol–water partition coefficient (Wildman–Crippen LogP) is 5.88. The Morgan fingerprint density at radius 3 is 2.63 bits per heavy atom. The first-order chi connectivity index (χ1) is 14.4. The Kier molecular flexibility index (Phi) is 6.79. The van der Waals surface area contributed by atoms with E-state index in [0.717, 1.165) is 17.7 Å². The fourth-order valence-electron chi connectivity index (χ4n) is 3.28. The van der Waals surface area contributed by atoms with E-state index in [1.165, 1.54) is 40.3 Å². The van der Waals surface area contributed by atoms with E-state index < -0.39 is 4.92 Å². The van der Waals surface area contributed by atoms with Gasteiger partial charge in [-0.1, -0.05) is 24.6 Å². The molecule has 3 rings (SSSR count). The summed E-state index contributed by atoms with van der Waals surface area (Å²) in [6.45, 7) is 8.63. The number of hydrogen-bond donors (Lipinski definition) is 1. The van der Waals surface area contributed by atoms with Gasteiger partial charge in [-0.2, -0.15) is 5.10 Å². The van der Waals surface area contributed by atoms with Gasteiger partial charge in [0.25, 0.3) is 0 Å². The minimum Gasteiger partial charge on any atom is -0.487 e. The zero-order valence-corrected chi connectivity index (χ0v) is 18.2. The van der Waals surface area contributed by atoms with E-state index in [9.17, 15) is 10.1 Å². The third-order valence-electron chi connectivity index (χ3n) is 4.45. The second kappa shape index (κ2) is 9.49. The highest BCUT2D eigenvalue weighted by Crippen LogP contribution is 2.31. The van der Waals surface area contributed by atoms with Crippen molar-refractivity contribution < 1.29 is 9.66 Å². The van der Waals surface area contributed by atoms with Crippen molar-refractivity contribution in [3.63, 3.8) is 0 Å². The number of hydrogen-bond acceptors (Lipinski definition) is 7. The Morgan fingerprint density at radius 2 is 1.97 bits per heavy atom. The molecule has 0 amide bonds. The lowest BCUT2D eigenvalue weighted by Gasteiger charge is -2.08. The fraction of sp³-hybridized carbons (Fsp3) is 0.273. The zero-order chi connectivity index (χ0) is 21.7. The number of thiazole rings is 1. The number of nitrogens with zero attached hydrogens (tertiary/aromatic N) is 3. The maximum atomic E-state index is 11.3. The quantitative estimate of drug-likeness (QED) is 0.277. The summed E-state index contributed by atoms with van der Waals surface area (Å²) in [4.78, 5) is 15.5. The molecule has 30 heavy (non-hydrogen) atoms. The van der Waals surface area contributed by atoms with Crippen molar-refractivity contribution in [3.05, 3.63) is 68.1 Å². The van der Waals surface area contributed by atoms with Crippen molar-refractivity contribution in [2.75, 3.05) is 12.0 Å². The second-order valence-electron chi connectivity index (χ2n) is 7.01. The molecule has 0 aliphatic rings. The van der Waals surface area contributed by atoms with Gasteiger partial charge < -0.3 is 4.74 Å². The van der Waals surface area contributed by atoms with Crippen LogP contribution in [0.3, 0.4) is 0 Å². The minimum absolute atomic E-state index is 0.0748. The third kappa shape index (κ3) is 5.01. The van der Waals surface area contributed by atoms with Gasteiger partial charge in [-0.05, 0) is 50.5 Å². The lowest BCUT2D eigenvalue weighted by atomic mass is 9.98. The summed E-state index contributed by atoms with van der Waals surface area (Å²) in [6, 6.07) is 9.07. The van der Waals surface area contributed by atoms with E-state index >= 15 is 0 Å². The first kappa shape index (κ1) is 21.4. The number of benzene rings is 2. The van der Waals surface area contributed by atoms with E-state index in [1.54, 1.807) is 12.1 Å². The number of rotatable bonds is 8. The number of aromatic nitrogens is 1. The molecule has 1 N–H and O–H groups in total. The van der Waals surface area contributed by atoms with Crippen molar-refractivity contribution in [3.8, 4) is 17.0 Å². The van der Waals surface area contributed by atoms with Crippen LogP contribution in [0.15, 0.2) is 40.8 Å². The molecular weight excluding hydrogens is 400 g/mol. The molecule has 1 aromatic heterocycles. The largest absolute Gasteiger partial charge is 0.487 e. The van der Waals surface area contributed by atoms with E-state index in [4.69, 9.17) is 4.74 Å².